The summed E-state index contributed by atoms with van der Waals surface area (Å²) in [7, 11) is 1.61. The standard InChI is InChI=1S/C15H19BrN2O2/c1-20-12-6-10(16)5-11(7-12)18-15(19)13-8-2-3-9(4-8)14(13)17/h5-9,13-14H,2-4,17H2,1H3,(H,18,19). The van der Waals surface area contributed by atoms with E-state index >= 15 is 0 Å². The summed E-state index contributed by atoms with van der Waals surface area (Å²) in [5, 5.41) is 2.99. The molecule has 0 saturated heterocycles. The molecule has 5 heteroatoms. The number of amides is 1. The van der Waals surface area contributed by atoms with Crippen LogP contribution in [0.1, 0.15) is 19.3 Å². The van der Waals surface area contributed by atoms with Gasteiger partial charge in [0.05, 0.1) is 13.0 Å². The third-order valence-electron chi connectivity index (χ3n) is 4.66. The molecular formula is C15H19BrN2O2. The van der Waals surface area contributed by atoms with Crippen LogP contribution in [0.4, 0.5) is 5.69 Å². The summed E-state index contributed by atoms with van der Waals surface area (Å²) in [6.07, 6.45) is 3.43. The molecule has 2 fully saturated rings. The van der Waals surface area contributed by atoms with Crippen LogP contribution in [0.3, 0.4) is 0 Å². The van der Waals surface area contributed by atoms with Gasteiger partial charge in [0.15, 0.2) is 0 Å². The number of hydrogen-bond donors (Lipinski definition) is 2. The van der Waals surface area contributed by atoms with Gasteiger partial charge in [-0.05, 0) is 43.2 Å². The van der Waals surface area contributed by atoms with Gasteiger partial charge in [-0.2, -0.15) is 0 Å². The number of fused-ring (bicyclic) bond motifs is 2. The van der Waals surface area contributed by atoms with E-state index in [1.54, 1.807) is 7.11 Å². The molecule has 2 saturated carbocycles. The molecule has 1 aromatic rings. The van der Waals surface area contributed by atoms with Crippen LogP contribution in [0.15, 0.2) is 22.7 Å². The summed E-state index contributed by atoms with van der Waals surface area (Å²) in [4.78, 5) is 12.5. The van der Waals surface area contributed by atoms with E-state index in [4.69, 9.17) is 10.5 Å². The summed E-state index contributed by atoms with van der Waals surface area (Å²) in [5.41, 5.74) is 6.96. The van der Waals surface area contributed by atoms with E-state index in [0.29, 0.717) is 17.6 Å². The van der Waals surface area contributed by atoms with Crippen LogP contribution in [-0.4, -0.2) is 19.1 Å². The minimum atomic E-state index is -0.0428. The van der Waals surface area contributed by atoms with Crippen molar-refractivity contribution < 1.29 is 9.53 Å². The number of rotatable bonds is 3. The van der Waals surface area contributed by atoms with Crippen LogP contribution >= 0.6 is 15.9 Å². The van der Waals surface area contributed by atoms with Crippen LogP contribution < -0.4 is 15.8 Å². The lowest BCUT2D eigenvalue weighted by Gasteiger charge is -2.27. The molecule has 4 nitrogen and oxygen atoms in total. The average molecular weight is 339 g/mol. The topological polar surface area (TPSA) is 64.3 Å². The highest BCUT2D eigenvalue weighted by Crippen LogP contribution is 2.48. The Morgan fingerprint density at radius 2 is 2.10 bits per heavy atom. The van der Waals surface area contributed by atoms with Crippen molar-refractivity contribution in [2.45, 2.75) is 25.3 Å². The number of nitrogens with one attached hydrogen (secondary N) is 1. The lowest BCUT2D eigenvalue weighted by atomic mass is 9.84. The number of benzene rings is 1. The van der Waals surface area contributed by atoms with E-state index in [1.807, 2.05) is 18.2 Å². The Labute approximate surface area is 127 Å². The molecule has 0 spiro atoms. The fraction of sp³-hybridized carbons (Fsp3) is 0.533. The molecule has 2 bridgehead atoms. The van der Waals surface area contributed by atoms with Gasteiger partial charge in [0, 0.05) is 22.3 Å². The van der Waals surface area contributed by atoms with Crippen molar-refractivity contribution in [1.82, 2.24) is 0 Å². The number of ether oxygens (including phenoxy) is 1. The molecule has 4 atom stereocenters. The first-order chi connectivity index (χ1) is 9.58. The van der Waals surface area contributed by atoms with Crippen LogP contribution in [0.25, 0.3) is 0 Å². The Hall–Kier alpha value is -1.07. The predicted octanol–water partition coefficient (Wildman–Crippen LogP) is 2.77. The number of hydrogen-bond acceptors (Lipinski definition) is 3. The molecule has 108 valence electrons. The van der Waals surface area contributed by atoms with E-state index in [9.17, 15) is 4.79 Å². The summed E-state index contributed by atoms with van der Waals surface area (Å²) in [6, 6.07) is 5.57. The van der Waals surface area contributed by atoms with Gasteiger partial charge in [-0.25, -0.2) is 0 Å². The number of nitrogens with two attached hydrogens (primary N) is 1. The zero-order valence-electron chi connectivity index (χ0n) is 11.4. The maximum atomic E-state index is 12.5. The minimum Gasteiger partial charge on any atom is -0.497 e. The van der Waals surface area contributed by atoms with Gasteiger partial charge >= 0.3 is 0 Å². The minimum absolute atomic E-state index is 0.0165. The molecule has 4 unspecified atom stereocenters. The smallest absolute Gasteiger partial charge is 0.229 e. The number of carbonyl (C=O) groups is 1. The highest BCUT2D eigenvalue weighted by molar-refractivity contribution is 9.10. The first-order valence-corrected chi connectivity index (χ1v) is 7.79. The lowest BCUT2D eigenvalue weighted by molar-refractivity contribution is -0.121. The van der Waals surface area contributed by atoms with Crippen molar-refractivity contribution >= 4 is 27.5 Å². The maximum Gasteiger partial charge on any atom is 0.229 e. The van der Waals surface area contributed by atoms with Crippen LogP contribution in [0.5, 0.6) is 5.75 Å². The van der Waals surface area contributed by atoms with E-state index < -0.39 is 0 Å². The number of halogens is 1. The third kappa shape index (κ3) is 2.44. The molecule has 2 aliphatic rings. The summed E-state index contributed by atoms with van der Waals surface area (Å²) in [5.74, 6) is 1.72. The largest absolute Gasteiger partial charge is 0.497 e. The van der Waals surface area contributed by atoms with E-state index in [0.717, 1.165) is 23.0 Å². The number of carbonyl (C=O) groups excluding carboxylic acids is 1. The third-order valence-corrected chi connectivity index (χ3v) is 5.12. The Kier molecular flexibility index (Phi) is 3.73. The number of methoxy groups -OCH3 is 1. The van der Waals surface area contributed by atoms with Crippen molar-refractivity contribution in [3.63, 3.8) is 0 Å². The first-order valence-electron chi connectivity index (χ1n) is 6.99. The second kappa shape index (κ2) is 5.37. The Morgan fingerprint density at radius 1 is 1.35 bits per heavy atom. The fourth-order valence-corrected chi connectivity index (χ4v) is 4.18. The van der Waals surface area contributed by atoms with Gasteiger partial charge < -0.3 is 15.8 Å². The molecule has 3 N–H and O–H groups in total. The van der Waals surface area contributed by atoms with Gasteiger partial charge in [-0.15, -0.1) is 0 Å². The molecule has 2 aliphatic carbocycles. The molecular weight excluding hydrogens is 320 g/mol. The molecule has 0 radical (unpaired) electrons. The van der Waals surface area contributed by atoms with E-state index in [-0.39, 0.29) is 17.9 Å². The fourth-order valence-electron chi connectivity index (χ4n) is 3.70. The van der Waals surface area contributed by atoms with Gasteiger partial charge in [-0.1, -0.05) is 15.9 Å². The van der Waals surface area contributed by atoms with Crippen LogP contribution in [-0.2, 0) is 4.79 Å². The van der Waals surface area contributed by atoms with Gasteiger partial charge in [0.2, 0.25) is 5.91 Å². The monoisotopic (exact) mass is 338 g/mol. The van der Waals surface area contributed by atoms with Crippen molar-refractivity contribution in [1.29, 1.82) is 0 Å². The summed E-state index contributed by atoms with van der Waals surface area (Å²) < 4.78 is 6.09. The van der Waals surface area contributed by atoms with Crippen molar-refractivity contribution in [2.75, 3.05) is 12.4 Å². The second-order valence-electron chi connectivity index (χ2n) is 5.81. The molecule has 0 heterocycles. The predicted molar refractivity (Wildman–Crippen MR) is 81.6 cm³/mol. The normalized spacial score (nSPS) is 31.4. The van der Waals surface area contributed by atoms with Gasteiger partial charge in [0.1, 0.15) is 5.75 Å². The van der Waals surface area contributed by atoms with Crippen LogP contribution in [0.2, 0.25) is 0 Å². The van der Waals surface area contributed by atoms with E-state index in [2.05, 4.69) is 21.2 Å². The zero-order chi connectivity index (χ0) is 14.3. The SMILES string of the molecule is COc1cc(Br)cc(NC(=O)C2C3CCC(C3)C2N)c1. The average Bonchev–Trinajstić information content (AvgIpc) is 2.98. The Morgan fingerprint density at radius 3 is 2.75 bits per heavy atom. The molecule has 20 heavy (non-hydrogen) atoms. The van der Waals surface area contributed by atoms with Crippen molar-refractivity contribution in [3.05, 3.63) is 22.7 Å². The van der Waals surface area contributed by atoms with Gasteiger partial charge in [0.25, 0.3) is 0 Å². The molecule has 1 aromatic carbocycles. The first kappa shape index (κ1) is 13.9. The Balaban J connectivity index is 1.74. The lowest BCUT2D eigenvalue weighted by Crippen LogP contribution is -2.42. The second-order valence-corrected chi connectivity index (χ2v) is 6.72. The Bertz CT molecular complexity index is 533. The van der Waals surface area contributed by atoms with Gasteiger partial charge in [-0.3, -0.25) is 4.79 Å². The highest BCUT2D eigenvalue weighted by Gasteiger charge is 2.49. The highest BCUT2D eigenvalue weighted by atomic mass is 79.9. The van der Waals surface area contributed by atoms with E-state index in [1.165, 1.54) is 6.42 Å². The van der Waals surface area contributed by atoms with Crippen molar-refractivity contribution in [3.8, 4) is 5.75 Å². The van der Waals surface area contributed by atoms with Crippen LogP contribution in [0, 0.1) is 17.8 Å². The summed E-state index contributed by atoms with van der Waals surface area (Å²) in [6.45, 7) is 0. The molecule has 0 aliphatic heterocycles. The number of anilines is 1. The van der Waals surface area contributed by atoms with Crippen molar-refractivity contribution in [2.24, 2.45) is 23.5 Å². The zero-order valence-corrected chi connectivity index (χ0v) is 13.0. The molecule has 3 rings (SSSR count). The maximum absolute atomic E-state index is 12.5. The quantitative estimate of drug-likeness (QED) is 0.890. The molecule has 1 amide bonds. The molecule has 0 aromatic heterocycles. The summed E-state index contributed by atoms with van der Waals surface area (Å²) >= 11 is 3.42.